The van der Waals surface area contributed by atoms with Crippen LogP contribution in [0.2, 0.25) is 0 Å². The molecule has 2 aromatic rings. The van der Waals surface area contributed by atoms with Crippen LogP contribution in [0.1, 0.15) is 28.4 Å². The number of benzene rings is 2. The van der Waals surface area contributed by atoms with Gasteiger partial charge < -0.3 is 15.7 Å². The van der Waals surface area contributed by atoms with Crippen molar-refractivity contribution < 1.29 is 19.1 Å². The molecule has 0 radical (unpaired) electrons. The second kappa shape index (κ2) is 8.79. The molecule has 2 amide bonds. The summed E-state index contributed by atoms with van der Waals surface area (Å²) < 4.78 is 12.8. The van der Waals surface area contributed by atoms with Gasteiger partial charge in [0.2, 0.25) is 5.91 Å². The lowest BCUT2D eigenvalue weighted by Crippen LogP contribution is -2.37. The summed E-state index contributed by atoms with van der Waals surface area (Å²) >= 11 is 0. The number of amides is 2. The number of nitrogens with one attached hydrogen (secondary N) is 2. The highest BCUT2D eigenvalue weighted by molar-refractivity contribution is 5.96. The Morgan fingerprint density at radius 3 is 2.33 bits per heavy atom. The normalized spacial score (nSPS) is 11.6. The van der Waals surface area contributed by atoms with Crippen LogP contribution in [-0.2, 0) is 4.79 Å². The van der Waals surface area contributed by atoms with Crippen molar-refractivity contribution in [1.82, 2.24) is 10.6 Å². The van der Waals surface area contributed by atoms with E-state index in [1.165, 1.54) is 24.3 Å². The fourth-order valence-corrected chi connectivity index (χ4v) is 2.11. The summed E-state index contributed by atoms with van der Waals surface area (Å²) in [5.74, 6) is -1.03. The van der Waals surface area contributed by atoms with Crippen LogP contribution in [0.3, 0.4) is 0 Å². The van der Waals surface area contributed by atoms with E-state index in [0.717, 1.165) is 0 Å². The van der Waals surface area contributed by atoms with E-state index in [2.05, 4.69) is 10.6 Å². The van der Waals surface area contributed by atoms with Crippen LogP contribution >= 0.6 is 0 Å². The fraction of sp³-hybridized carbons (Fsp3) is 0.222. The van der Waals surface area contributed by atoms with Gasteiger partial charge in [-0.05, 0) is 36.2 Å². The zero-order valence-electron chi connectivity index (χ0n) is 13.0. The molecule has 0 aliphatic carbocycles. The van der Waals surface area contributed by atoms with Crippen molar-refractivity contribution in [2.75, 3.05) is 13.1 Å². The van der Waals surface area contributed by atoms with E-state index in [-0.39, 0.29) is 30.7 Å². The SMILES string of the molecule is O=C(CNC(=O)c1ccccc1)NCCC(O)c1ccc(F)cc1. The van der Waals surface area contributed by atoms with Gasteiger partial charge in [-0.2, -0.15) is 0 Å². The summed E-state index contributed by atoms with van der Waals surface area (Å²) in [6, 6.07) is 14.2. The molecule has 5 nitrogen and oxygen atoms in total. The molecular weight excluding hydrogens is 311 g/mol. The van der Waals surface area contributed by atoms with Crippen molar-refractivity contribution in [2.45, 2.75) is 12.5 Å². The van der Waals surface area contributed by atoms with Crippen LogP contribution in [0.5, 0.6) is 0 Å². The second-order valence-corrected chi connectivity index (χ2v) is 5.25. The molecule has 3 N–H and O–H groups in total. The number of carbonyl (C=O) groups excluding carboxylic acids is 2. The van der Waals surface area contributed by atoms with Crippen molar-refractivity contribution in [1.29, 1.82) is 0 Å². The average Bonchev–Trinajstić information content (AvgIpc) is 2.61. The number of aliphatic hydroxyl groups is 1. The zero-order chi connectivity index (χ0) is 17.4. The first kappa shape index (κ1) is 17.6. The van der Waals surface area contributed by atoms with Crippen LogP contribution in [0.15, 0.2) is 54.6 Å². The molecule has 0 aromatic heterocycles. The number of halogens is 1. The first-order chi connectivity index (χ1) is 11.6. The summed E-state index contributed by atoms with van der Waals surface area (Å²) in [4.78, 5) is 23.5. The Kier molecular flexibility index (Phi) is 6.45. The zero-order valence-corrected chi connectivity index (χ0v) is 13.0. The Morgan fingerprint density at radius 2 is 1.67 bits per heavy atom. The molecule has 0 heterocycles. The van der Waals surface area contributed by atoms with Gasteiger partial charge in [0.25, 0.3) is 5.91 Å². The first-order valence-electron chi connectivity index (χ1n) is 7.60. The van der Waals surface area contributed by atoms with Gasteiger partial charge in [0, 0.05) is 12.1 Å². The molecule has 126 valence electrons. The monoisotopic (exact) mass is 330 g/mol. The van der Waals surface area contributed by atoms with E-state index in [9.17, 15) is 19.1 Å². The van der Waals surface area contributed by atoms with E-state index < -0.39 is 6.10 Å². The van der Waals surface area contributed by atoms with Crippen LogP contribution < -0.4 is 10.6 Å². The summed E-state index contributed by atoms with van der Waals surface area (Å²) in [6.07, 6.45) is -0.492. The number of rotatable bonds is 7. The van der Waals surface area contributed by atoms with Gasteiger partial charge in [0.05, 0.1) is 12.6 Å². The molecule has 0 spiro atoms. The third-order valence-electron chi connectivity index (χ3n) is 3.44. The Bertz CT molecular complexity index is 674. The largest absolute Gasteiger partial charge is 0.388 e. The summed E-state index contributed by atoms with van der Waals surface area (Å²) in [6.45, 7) is 0.110. The maximum Gasteiger partial charge on any atom is 0.251 e. The lowest BCUT2D eigenvalue weighted by Gasteiger charge is -2.12. The van der Waals surface area contributed by atoms with E-state index in [1.807, 2.05) is 0 Å². The average molecular weight is 330 g/mol. The number of carbonyl (C=O) groups is 2. The highest BCUT2D eigenvalue weighted by Crippen LogP contribution is 2.16. The molecule has 1 unspecified atom stereocenters. The predicted molar refractivity (Wildman–Crippen MR) is 87.8 cm³/mol. The predicted octanol–water partition coefficient (Wildman–Crippen LogP) is 1.80. The Labute approximate surface area is 139 Å². The molecule has 1 atom stereocenters. The lowest BCUT2D eigenvalue weighted by molar-refractivity contribution is -0.120. The fourth-order valence-electron chi connectivity index (χ4n) is 2.11. The van der Waals surface area contributed by atoms with E-state index in [0.29, 0.717) is 17.5 Å². The van der Waals surface area contributed by atoms with Gasteiger partial charge in [0.15, 0.2) is 0 Å². The Morgan fingerprint density at radius 1 is 1.00 bits per heavy atom. The minimum absolute atomic E-state index is 0.139. The summed E-state index contributed by atoms with van der Waals surface area (Å²) in [5.41, 5.74) is 1.07. The molecule has 0 saturated carbocycles. The van der Waals surface area contributed by atoms with Gasteiger partial charge >= 0.3 is 0 Å². The maximum atomic E-state index is 12.8. The number of hydrogen-bond acceptors (Lipinski definition) is 3. The molecular formula is C18H19FN2O3. The third kappa shape index (κ3) is 5.48. The van der Waals surface area contributed by atoms with Crippen LogP contribution in [-0.4, -0.2) is 30.0 Å². The minimum Gasteiger partial charge on any atom is -0.388 e. The van der Waals surface area contributed by atoms with Gasteiger partial charge in [-0.15, -0.1) is 0 Å². The molecule has 0 fully saturated rings. The number of hydrogen-bond donors (Lipinski definition) is 3. The Balaban J connectivity index is 1.68. The van der Waals surface area contributed by atoms with Crippen molar-refractivity contribution >= 4 is 11.8 Å². The molecule has 2 aromatic carbocycles. The van der Waals surface area contributed by atoms with Crippen LogP contribution in [0.4, 0.5) is 4.39 Å². The van der Waals surface area contributed by atoms with Gasteiger partial charge in [-0.3, -0.25) is 9.59 Å². The molecule has 24 heavy (non-hydrogen) atoms. The molecule has 0 saturated heterocycles. The number of aliphatic hydroxyl groups excluding tert-OH is 1. The van der Waals surface area contributed by atoms with E-state index in [4.69, 9.17) is 0 Å². The summed E-state index contributed by atoms with van der Waals surface area (Å²) in [7, 11) is 0. The van der Waals surface area contributed by atoms with Crippen LogP contribution in [0, 0.1) is 5.82 Å². The van der Waals surface area contributed by atoms with Crippen molar-refractivity contribution in [3.8, 4) is 0 Å². The van der Waals surface area contributed by atoms with Crippen molar-refractivity contribution in [3.63, 3.8) is 0 Å². The molecule has 0 aliphatic rings. The molecule has 6 heteroatoms. The van der Waals surface area contributed by atoms with E-state index in [1.54, 1.807) is 30.3 Å². The van der Waals surface area contributed by atoms with Crippen molar-refractivity contribution in [3.05, 3.63) is 71.5 Å². The summed E-state index contributed by atoms with van der Waals surface area (Å²) in [5, 5.41) is 15.1. The minimum atomic E-state index is -0.787. The first-order valence-corrected chi connectivity index (χ1v) is 7.60. The highest BCUT2D eigenvalue weighted by Gasteiger charge is 2.10. The lowest BCUT2D eigenvalue weighted by atomic mass is 10.1. The standard InChI is InChI=1S/C18H19FN2O3/c19-15-8-6-13(7-9-15)16(22)10-11-20-17(23)12-21-18(24)14-4-2-1-3-5-14/h1-9,16,22H,10-12H2,(H,20,23)(H,21,24). The maximum absolute atomic E-state index is 12.8. The van der Waals surface area contributed by atoms with Crippen LogP contribution in [0.25, 0.3) is 0 Å². The topological polar surface area (TPSA) is 78.4 Å². The molecule has 2 rings (SSSR count). The third-order valence-corrected chi connectivity index (χ3v) is 3.44. The van der Waals surface area contributed by atoms with Crippen molar-refractivity contribution in [2.24, 2.45) is 0 Å². The van der Waals surface area contributed by atoms with Gasteiger partial charge in [0.1, 0.15) is 5.82 Å². The van der Waals surface area contributed by atoms with E-state index >= 15 is 0 Å². The molecule has 0 bridgehead atoms. The van der Waals surface area contributed by atoms with Gasteiger partial charge in [-0.25, -0.2) is 4.39 Å². The highest BCUT2D eigenvalue weighted by atomic mass is 19.1. The second-order valence-electron chi connectivity index (χ2n) is 5.25. The Hall–Kier alpha value is -2.73. The quantitative estimate of drug-likeness (QED) is 0.724. The van der Waals surface area contributed by atoms with Gasteiger partial charge in [-0.1, -0.05) is 30.3 Å². The molecule has 0 aliphatic heterocycles. The smallest absolute Gasteiger partial charge is 0.251 e.